The minimum atomic E-state index is 0.575. The van der Waals surface area contributed by atoms with Crippen molar-refractivity contribution < 1.29 is 4.74 Å². The summed E-state index contributed by atoms with van der Waals surface area (Å²) in [7, 11) is 0. The lowest BCUT2D eigenvalue weighted by atomic mass is 10.1. The second-order valence-corrected chi connectivity index (χ2v) is 4.40. The fraction of sp³-hybridized carbons (Fsp3) is 0.200. The lowest BCUT2D eigenvalue weighted by Crippen LogP contribution is -2.04. The monoisotopic (exact) mass is 261 g/mol. The van der Waals surface area contributed by atoms with E-state index in [9.17, 15) is 0 Å². The highest BCUT2D eigenvalue weighted by molar-refractivity contribution is 6.13. The molecule has 2 rings (SSSR count). The molecule has 0 aliphatic heterocycles. The average Bonchev–Trinajstić information content (AvgIpc) is 2.40. The van der Waals surface area contributed by atoms with Crippen LogP contribution in [0.4, 0.5) is 0 Å². The van der Waals surface area contributed by atoms with Crippen LogP contribution in [0.2, 0.25) is 0 Å². The van der Waals surface area contributed by atoms with E-state index in [1.807, 2.05) is 36.4 Å². The number of aryl methyl sites for hydroxylation is 1. The topological polar surface area (TPSA) is 21.3 Å². The molecule has 2 nitrogen and oxygen atoms in total. The predicted molar refractivity (Wildman–Crippen MR) is 74.6 cm³/mol. The highest BCUT2D eigenvalue weighted by atomic mass is 35.5. The Kier molecular flexibility index (Phi) is 4.62. The number of benzene rings is 2. The van der Waals surface area contributed by atoms with Crippen LogP contribution in [0.1, 0.15) is 16.7 Å². The van der Waals surface area contributed by atoms with Gasteiger partial charge in [0.2, 0.25) is 0 Å². The van der Waals surface area contributed by atoms with Gasteiger partial charge in [-0.1, -0.05) is 42.5 Å². The zero-order valence-electron chi connectivity index (χ0n) is 10.3. The largest absolute Gasteiger partial charge is 0.489 e. The smallest absolute Gasteiger partial charge is 0.124 e. The van der Waals surface area contributed by atoms with E-state index in [1.54, 1.807) is 0 Å². The Balaban J connectivity index is 2.08. The maximum absolute atomic E-state index is 5.86. The summed E-state index contributed by atoms with van der Waals surface area (Å²) in [6, 6.07) is 16.1. The van der Waals surface area contributed by atoms with Crippen LogP contribution in [-0.4, -0.2) is 0 Å². The molecule has 0 fully saturated rings. The third kappa shape index (κ3) is 3.25. The van der Waals surface area contributed by atoms with E-state index in [0.717, 1.165) is 11.3 Å². The number of nitrogens with one attached hydrogen (secondary N) is 1. The summed E-state index contributed by atoms with van der Waals surface area (Å²) in [5.74, 6) is 0.869. The van der Waals surface area contributed by atoms with E-state index >= 15 is 0 Å². The fourth-order valence-electron chi connectivity index (χ4n) is 1.79. The molecular formula is C15H16ClNO. The number of hydrogen-bond acceptors (Lipinski definition) is 2. The van der Waals surface area contributed by atoms with Gasteiger partial charge in [-0.15, -0.1) is 0 Å². The lowest BCUT2D eigenvalue weighted by molar-refractivity contribution is 0.302. The Bertz CT molecular complexity index is 513. The summed E-state index contributed by atoms with van der Waals surface area (Å²) < 4.78 is 5.86. The van der Waals surface area contributed by atoms with Crippen LogP contribution in [0, 0.1) is 6.92 Å². The van der Waals surface area contributed by atoms with Crippen LogP contribution >= 0.6 is 11.8 Å². The Hall–Kier alpha value is -1.51. The molecule has 0 bridgehead atoms. The van der Waals surface area contributed by atoms with E-state index < -0.39 is 0 Å². The SMILES string of the molecule is Cc1ccccc1COc1ccccc1CNCl. The van der Waals surface area contributed by atoms with Crippen molar-refractivity contribution in [3.05, 3.63) is 65.2 Å². The van der Waals surface area contributed by atoms with Crippen molar-refractivity contribution in [2.75, 3.05) is 0 Å². The first-order valence-corrected chi connectivity index (χ1v) is 6.28. The van der Waals surface area contributed by atoms with Crippen molar-refractivity contribution in [2.24, 2.45) is 0 Å². The van der Waals surface area contributed by atoms with Gasteiger partial charge in [0.1, 0.15) is 12.4 Å². The van der Waals surface area contributed by atoms with Crippen molar-refractivity contribution in [3.8, 4) is 5.75 Å². The molecular weight excluding hydrogens is 246 g/mol. The summed E-state index contributed by atoms with van der Waals surface area (Å²) in [6.45, 7) is 3.25. The maximum Gasteiger partial charge on any atom is 0.124 e. The minimum absolute atomic E-state index is 0.575. The molecule has 0 radical (unpaired) electrons. The third-order valence-corrected chi connectivity index (χ3v) is 3.01. The molecule has 0 saturated carbocycles. The van der Waals surface area contributed by atoms with Gasteiger partial charge in [0.25, 0.3) is 0 Å². The van der Waals surface area contributed by atoms with Gasteiger partial charge in [-0.3, -0.25) is 0 Å². The molecule has 1 N–H and O–H groups in total. The average molecular weight is 262 g/mol. The summed E-state index contributed by atoms with van der Waals surface area (Å²) >= 11 is 5.54. The molecule has 0 spiro atoms. The van der Waals surface area contributed by atoms with Gasteiger partial charge >= 0.3 is 0 Å². The molecule has 94 valence electrons. The molecule has 0 aliphatic rings. The highest BCUT2D eigenvalue weighted by Gasteiger charge is 2.03. The zero-order valence-corrected chi connectivity index (χ0v) is 11.1. The molecule has 0 aliphatic carbocycles. The molecule has 3 heteroatoms. The normalized spacial score (nSPS) is 10.3. The van der Waals surface area contributed by atoms with Crippen molar-refractivity contribution in [3.63, 3.8) is 0 Å². The summed E-state index contributed by atoms with van der Waals surface area (Å²) in [5, 5.41) is 0. The molecule has 2 aromatic rings. The second-order valence-electron chi connectivity index (χ2n) is 4.13. The quantitative estimate of drug-likeness (QED) is 0.827. The number of para-hydroxylation sites is 1. The standard InChI is InChI=1S/C15H16ClNO/c1-12-6-2-3-8-14(12)11-18-15-9-5-4-7-13(15)10-17-16/h2-9,17H,10-11H2,1H3. The molecule has 0 amide bonds. The fourth-order valence-corrected chi connectivity index (χ4v) is 1.93. The van der Waals surface area contributed by atoms with Crippen molar-refractivity contribution in [1.82, 2.24) is 4.84 Å². The first-order valence-electron chi connectivity index (χ1n) is 5.90. The van der Waals surface area contributed by atoms with Crippen LogP contribution in [-0.2, 0) is 13.2 Å². The summed E-state index contributed by atoms with van der Waals surface area (Å²) in [5.41, 5.74) is 3.50. The molecule has 2 aromatic carbocycles. The van der Waals surface area contributed by atoms with Gasteiger partial charge in [-0.25, -0.2) is 4.84 Å². The van der Waals surface area contributed by atoms with Gasteiger partial charge in [0.05, 0.1) is 0 Å². The van der Waals surface area contributed by atoms with Crippen LogP contribution in [0.3, 0.4) is 0 Å². The summed E-state index contributed by atoms with van der Waals surface area (Å²) in [4.78, 5) is 2.63. The third-order valence-electron chi connectivity index (χ3n) is 2.87. The summed E-state index contributed by atoms with van der Waals surface area (Å²) in [6.07, 6.45) is 0. The highest BCUT2D eigenvalue weighted by Crippen LogP contribution is 2.20. The molecule has 0 saturated heterocycles. The van der Waals surface area contributed by atoms with Gasteiger partial charge in [0, 0.05) is 12.1 Å². The van der Waals surface area contributed by atoms with Crippen molar-refractivity contribution in [1.29, 1.82) is 0 Å². The molecule has 0 heterocycles. The van der Waals surface area contributed by atoms with Gasteiger partial charge in [0.15, 0.2) is 0 Å². The Morgan fingerprint density at radius 1 is 1.00 bits per heavy atom. The van der Waals surface area contributed by atoms with Crippen LogP contribution in [0.5, 0.6) is 5.75 Å². The van der Waals surface area contributed by atoms with Crippen molar-refractivity contribution >= 4 is 11.8 Å². The molecule has 18 heavy (non-hydrogen) atoms. The molecule has 0 aromatic heterocycles. The van der Waals surface area contributed by atoms with Crippen LogP contribution < -0.4 is 9.57 Å². The zero-order chi connectivity index (χ0) is 12.8. The Morgan fingerprint density at radius 2 is 1.67 bits per heavy atom. The molecule has 0 atom stereocenters. The minimum Gasteiger partial charge on any atom is -0.489 e. The first-order chi connectivity index (χ1) is 8.81. The van der Waals surface area contributed by atoms with Gasteiger partial charge < -0.3 is 4.74 Å². The molecule has 0 unspecified atom stereocenters. The second kappa shape index (κ2) is 6.43. The van der Waals surface area contributed by atoms with Gasteiger partial charge in [-0.2, -0.15) is 0 Å². The number of rotatable bonds is 5. The lowest BCUT2D eigenvalue weighted by Gasteiger charge is -2.12. The van der Waals surface area contributed by atoms with E-state index in [0.29, 0.717) is 13.2 Å². The number of halogens is 1. The van der Waals surface area contributed by atoms with Crippen molar-refractivity contribution in [2.45, 2.75) is 20.1 Å². The van der Waals surface area contributed by atoms with Crippen LogP contribution in [0.25, 0.3) is 0 Å². The van der Waals surface area contributed by atoms with Gasteiger partial charge in [-0.05, 0) is 35.9 Å². The van der Waals surface area contributed by atoms with Crippen LogP contribution in [0.15, 0.2) is 48.5 Å². The van der Waals surface area contributed by atoms with E-state index in [1.165, 1.54) is 11.1 Å². The van der Waals surface area contributed by atoms with E-state index in [4.69, 9.17) is 16.5 Å². The Morgan fingerprint density at radius 3 is 2.39 bits per heavy atom. The number of hydrogen-bond donors (Lipinski definition) is 1. The number of ether oxygens (including phenoxy) is 1. The first kappa shape index (κ1) is 12.9. The maximum atomic E-state index is 5.86. The predicted octanol–water partition coefficient (Wildman–Crippen LogP) is 3.82. The van der Waals surface area contributed by atoms with E-state index in [2.05, 4.69) is 23.9 Å². The Labute approximate surface area is 113 Å². The van der Waals surface area contributed by atoms with E-state index in [-0.39, 0.29) is 0 Å².